The molecule has 1 fully saturated rings. The van der Waals surface area contributed by atoms with Crippen molar-refractivity contribution < 1.29 is 14.3 Å². The Morgan fingerprint density at radius 1 is 1.35 bits per heavy atom. The van der Waals surface area contributed by atoms with Crippen LogP contribution in [-0.4, -0.2) is 41.5 Å². The second-order valence-electron chi connectivity index (χ2n) is 6.54. The lowest BCUT2D eigenvalue weighted by atomic mass is 10.2. The lowest BCUT2D eigenvalue weighted by molar-refractivity contribution is -0.117. The van der Waals surface area contributed by atoms with E-state index in [0.29, 0.717) is 23.8 Å². The van der Waals surface area contributed by atoms with Gasteiger partial charge in [0.25, 0.3) is 5.91 Å². The van der Waals surface area contributed by atoms with Crippen LogP contribution in [0.4, 0.5) is 5.69 Å². The summed E-state index contributed by atoms with van der Waals surface area (Å²) in [6.07, 6.45) is 1.84. The number of benzene rings is 1. The van der Waals surface area contributed by atoms with E-state index in [1.165, 1.54) is 0 Å². The van der Waals surface area contributed by atoms with Crippen LogP contribution in [0.3, 0.4) is 0 Å². The minimum absolute atomic E-state index is 0.0332. The second kappa shape index (κ2) is 7.51. The monoisotopic (exact) mass is 354 g/mol. The number of nitrogens with zero attached hydrogens (tertiary/aromatic N) is 3. The van der Waals surface area contributed by atoms with E-state index in [-0.39, 0.29) is 30.2 Å². The highest BCUT2D eigenvalue weighted by Crippen LogP contribution is 2.25. The lowest BCUT2D eigenvalue weighted by Crippen LogP contribution is -2.37. The average molecular weight is 354 g/mol. The molecule has 0 radical (unpaired) electrons. The minimum atomic E-state index is -0.292. The van der Waals surface area contributed by atoms with E-state index in [9.17, 15) is 9.59 Å². The molecule has 0 spiro atoms. The van der Waals surface area contributed by atoms with E-state index in [4.69, 9.17) is 4.74 Å². The number of anilines is 1. The number of nitrogens with one attached hydrogen (secondary N) is 1. The van der Waals surface area contributed by atoms with Gasteiger partial charge >= 0.3 is 0 Å². The first-order valence-electron chi connectivity index (χ1n) is 8.56. The summed E-state index contributed by atoms with van der Waals surface area (Å²) in [4.78, 5) is 35.0. The number of carbonyl (C=O) groups is 2. The lowest BCUT2D eigenvalue weighted by Gasteiger charge is -2.18. The minimum Gasteiger partial charge on any atom is -0.497 e. The summed E-state index contributed by atoms with van der Waals surface area (Å²) in [5.74, 6) is 1.12. The zero-order valence-corrected chi connectivity index (χ0v) is 15.1. The number of rotatable bonds is 5. The van der Waals surface area contributed by atoms with Gasteiger partial charge in [0.1, 0.15) is 17.3 Å². The summed E-state index contributed by atoms with van der Waals surface area (Å²) in [5.41, 5.74) is 1.08. The summed E-state index contributed by atoms with van der Waals surface area (Å²) in [5, 5.41) is 2.90. The van der Waals surface area contributed by atoms with Crippen molar-refractivity contribution in [1.82, 2.24) is 15.3 Å². The Balaban J connectivity index is 1.69. The van der Waals surface area contributed by atoms with Gasteiger partial charge in [-0.3, -0.25) is 9.59 Å². The van der Waals surface area contributed by atoms with Gasteiger partial charge in [-0.05, 0) is 18.2 Å². The second-order valence-corrected chi connectivity index (χ2v) is 6.54. The van der Waals surface area contributed by atoms with Crippen LogP contribution < -0.4 is 15.0 Å². The highest BCUT2D eigenvalue weighted by Gasteiger charge is 2.32. The van der Waals surface area contributed by atoms with Crippen LogP contribution in [0.25, 0.3) is 0 Å². The molecule has 7 nitrogen and oxygen atoms in total. The van der Waals surface area contributed by atoms with Gasteiger partial charge in [-0.25, -0.2) is 9.97 Å². The van der Waals surface area contributed by atoms with E-state index in [1.807, 2.05) is 32.0 Å². The Labute approximate surface area is 152 Å². The topological polar surface area (TPSA) is 84.4 Å². The SMILES string of the molecule is COc1cccc(N2C[C@@H](NC(=O)c3ccnc(C(C)C)n3)CC2=O)c1. The number of hydrogen-bond donors (Lipinski definition) is 1. The molecule has 2 heterocycles. The molecule has 7 heteroatoms. The standard InChI is InChI=1S/C19H22N4O3/c1-12(2)18-20-8-7-16(22-18)19(25)21-13-9-17(24)23(11-13)14-5-4-6-15(10-14)26-3/h4-8,10,12-13H,9,11H2,1-3H3,(H,21,25)/t13-/m0/s1. The Hall–Kier alpha value is -2.96. The van der Waals surface area contributed by atoms with Gasteiger partial charge < -0.3 is 15.0 Å². The zero-order valence-electron chi connectivity index (χ0n) is 15.1. The summed E-state index contributed by atoms with van der Waals surface area (Å²) < 4.78 is 5.21. The maximum absolute atomic E-state index is 12.5. The molecule has 1 aliphatic heterocycles. The third-order valence-electron chi connectivity index (χ3n) is 4.25. The van der Waals surface area contributed by atoms with Crippen LogP contribution in [0.15, 0.2) is 36.5 Å². The largest absolute Gasteiger partial charge is 0.497 e. The quantitative estimate of drug-likeness (QED) is 0.889. The highest BCUT2D eigenvalue weighted by atomic mass is 16.5. The van der Waals surface area contributed by atoms with E-state index in [2.05, 4.69) is 15.3 Å². The van der Waals surface area contributed by atoms with Crippen molar-refractivity contribution in [3.8, 4) is 5.75 Å². The average Bonchev–Trinajstić information content (AvgIpc) is 3.02. The summed E-state index contributed by atoms with van der Waals surface area (Å²) >= 11 is 0. The normalized spacial score (nSPS) is 16.8. The van der Waals surface area contributed by atoms with Crippen molar-refractivity contribution in [3.05, 3.63) is 48.0 Å². The van der Waals surface area contributed by atoms with Gasteiger partial charge in [0.15, 0.2) is 0 Å². The Morgan fingerprint density at radius 3 is 2.88 bits per heavy atom. The van der Waals surface area contributed by atoms with E-state index in [1.54, 1.807) is 30.3 Å². The fourth-order valence-electron chi connectivity index (χ4n) is 2.87. The molecule has 2 aromatic rings. The molecule has 0 bridgehead atoms. The molecule has 1 saturated heterocycles. The molecular formula is C19H22N4O3. The van der Waals surface area contributed by atoms with E-state index >= 15 is 0 Å². The van der Waals surface area contributed by atoms with Gasteiger partial charge in [0.05, 0.1) is 13.2 Å². The van der Waals surface area contributed by atoms with Crippen LogP contribution in [0.2, 0.25) is 0 Å². The van der Waals surface area contributed by atoms with Gasteiger partial charge in [-0.15, -0.1) is 0 Å². The molecule has 2 amide bonds. The zero-order chi connectivity index (χ0) is 18.7. The third kappa shape index (κ3) is 3.82. The van der Waals surface area contributed by atoms with E-state index in [0.717, 1.165) is 5.69 Å². The Morgan fingerprint density at radius 2 is 2.15 bits per heavy atom. The molecule has 3 rings (SSSR count). The molecule has 136 valence electrons. The third-order valence-corrected chi connectivity index (χ3v) is 4.25. The number of carbonyl (C=O) groups excluding carboxylic acids is 2. The van der Waals surface area contributed by atoms with Crippen molar-refractivity contribution in [3.63, 3.8) is 0 Å². The molecule has 1 aromatic carbocycles. The van der Waals surface area contributed by atoms with E-state index < -0.39 is 0 Å². The predicted molar refractivity (Wildman–Crippen MR) is 97.3 cm³/mol. The van der Waals surface area contributed by atoms with Crippen molar-refractivity contribution >= 4 is 17.5 Å². The summed E-state index contributed by atoms with van der Waals surface area (Å²) in [6.45, 7) is 4.36. The molecule has 1 aromatic heterocycles. The Bertz CT molecular complexity index is 822. The van der Waals surface area contributed by atoms with Crippen LogP contribution in [-0.2, 0) is 4.79 Å². The molecule has 1 aliphatic rings. The summed E-state index contributed by atoms with van der Waals surface area (Å²) in [6, 6.07) is 8.63. The molecule has 0 saturated carbocycles. The number of methoxy groups -OCH3 is 1. The Kier molecular flexibility index (Phi) is 5.16. The van der Waals surface area contributed by atoms with Crippen molar-refractivity contribution in [2.75, 3.05) is 18.6 Å². The van der Waals surface area contributed by atoms with Gasteiger partial charge in [0.2, 0.25) is 5.91 Å². The smallest absolute Gasteiger partial charge is 0.270 e. The molecule has 0 unspecified atom stereocenters. The van der Waals surface area contributed by atoms with Crippen LogP contribution in [0, 0.1) is 0 Å². The van der Waals surface area contributed by atoms with Gasteiger partial charge in [0, 0.05) is 36.8 Å². The number of hydrogen-bond acceptors (Lipinski definition) is 5. The number of amides is 2. The maximum Gasteiger partial charge on any atom is 0.270 e. The first-order valence-corrected chi connectivity index (χ1v) is 8.56. The number of ether oxygens (including phenoxy) is 1. The highest BCUT2D eigenvalue weighted by molar-refractivity contribution is 5.98. The molecule has 26 heavy (non-hydrogen) atoms. The van der Waals surface area contributed by atoms with Crippen LogP contribution in [0.1, 0.15) is 42.5 Å². The first kappa shape index (κ1) is 17.8. The first-order chi connectivity index (χ1) is 12.5. The van der Waals surface area contributed by atoms with Gasteiger partial charge in [-0.1, -0.05) is 19.9 Å². The van der Waals surface area contributed by atoms with Gasteiger partial charge in [-0.2, -0.15) is 0 Å². The molecule has 0 aliphatic carbocycles. The van der Waals surface area contributed by atoms with Crippen molar-refractivity contribution in [2.45, 2.75) is 32.2 Å². The number of aromatic nitrogens is 2. The fourth-order valence-corrected chi connectivity index (χ4v) is 2.87. The molecule has 1 atom stereocenters. The fraction of sp³-hybridized carbons (Fsp3) is 0.368. The molecular weight excluding hydrogens is 332 g/mol. The van der Waals surface area contributed by atoms with Crippen LogP contribution >= 0.6 is 0 Å². The molecule has 1 N–H and O–H groups in total. The predicted octanol–water partition coefficient (Wildman–Crippen LogP) is 2.14. The van der Waals surface area contributed by atoms with Crippen LogP contribution in [0.5, 0.6) is 5.75 Å². The van der Waals surface area contributed by atoms with Crippen molar-refractivity contribution in [1.29, 1.82) is 0 Å². The summed E-state index contributed by atoms with van der Waals surface area (Å²) in [7, 11) is 1.58. The maximum atomic E-state index is 12.5. The van der Waals surface area contributed by atoms with Crippen molar-refractivity contribution in [2.24, 2.45) is 0 Å².